The first kappa shape index (κ1) is 16.7. The van der Waals surface area contributed by atoms with Crippen molar-refractivity contribution in [1.82, 2.24) is 23.6 Å². The van der Waals surface area contributed by atoms with Gasteiger partial charge >= 0.3 is 0 Å². The molecule has 0 N–H and O–H groups in total. The minimum absolute atomic E-state index is 0.0910. The first-order valence-electron chi connectivity index (χ1n) is 7.51. The average Bonchev–Trinajstić information content (AvgIpc) is 3.07. The van der Waals surface area contributed by atoms with Crippen LogP contribution in [0.2, 0.25) is 0 Å². The van der Waals surface area contributed by atoms with Gasteiger partial charge in [0.25, 0.3) is 10.0 Å². The van der Waals surface area contributed by atoms with Crippen LogP contribution in [-0.2, 0) is 24.1 Å². The van der Waals surface area contributed by atoms with Crippen molar-refractivity contribution in [2.45, 2.75) is 37.3 Å². The second kappa shape index (κ2) is 6.03. The van der Waals surface area contributed by atoms with Gasteiger partial charge in [-0.25, -0.2) is 13.4 Å². The van der Waals surface area contributed by atoms with Crippen molar-refractivity contribution in [3.63, 3.8) is 0 Å². The minimum Gasteiger partial charge on any atom is -0.325 e. The summed E-state index contributed by atoms with van der Waals surface area (Å²) in [5.41, 5.74) is 0.930. The van der Waals surface area contributed by atoms with Gasteiger partial charge < -0.3 is 4.57 Å². The van der Waals surface area contributed by atoms with Crippen LogP contribution in [0, 0.1) is 6.92 Å². The summed E-state index contributed by atoms with van der Waals surface area (Å²) in [4.78, 5) is 4.26. The second-order valence-electron chi connectivity index (χ2n) is 5.89. The molecule has 0 bridgehead atoms. The molecule has 1 saturated heterocycles. The molecular formula is C14H20BrN5O2S. The number of aromatic nitrogens is 4. The van der Waals surface area contributed by atoms with E-state index >= 15 is 0 Å². The van der Waals surface area contributed by atoms with Crippen molar-refractivity contribution >= 4 is 26.0 Å². The van der Waals surface area contributed by atoms with Gasteiger partial charge in [0.15, 0.2) is 0 Å². The first-order valence-corrected chi connectivity index (χ1v) is 9.75. The van der Waals surface area contributed by atoms with E-state index in [4.69, 9.17) is 0 Å². The number of hydrogen-bond donors (Lipinski definition) is 0. The highest BCUT2D eigenvalue weighted by molar-refractivity contribution is 9.10. The zero-order valence-corrected chi connectivity index (χ0v) is 15.8. The van der Waals surface area contributed by atoms with E-state index in [-0.39, 0.29) is 11.1 Å². The number of piperidine rings is 1. The standard InChI is InChI=1S/C14H20BrN5O2S/c1-10-17-14(13(15)19(10)3)23(21,22)20-7-5-4-6-12(20)11-8-16-18(2)9-11/h8-9,12H,4-7H2,1-3H3. The molecule has 3 heterocycles. The van der Waals surface area contributed by atoms with Crippen LogP contribution in [0.1, 0.15) is 36.7 Å². The van der Waals surface area contributed by atoms with E-state index < -0.39 is 10.0 Å². The minimum atomic E-state index is -3.66. The number of sulfonamides is 1. The Morgan fingerprint density at radius 2 is 2.04 bits per heavy atom. The molecule has 1 aliphatic rings. The van der Waals surface area contributed by atoms with Crippen molar-refractivity contribution in [1.29, 1.82) is 0 Å². The van der Waals surface area contributed by atoms with Crippen LogP contribution < -0.4 is 0 Å². The van der Waals surface area contributed by atoms with Gasteiger partial charge in [0.2, 0.25) is 5.03 Å². The van der Waals surface area contributed by atoms with E-state index in [9.17, 15) is 8.42 Å². The molecule has 126 valence electrons. The van der Waals surface area contributed by atoms with Crippen molar-refractivity contribution < 1.29 is 8.42 Å². The molecule has 0 radical (unpaired) electrons. The average molecular weight is 402 g/mol. The van der Waals surface area contributed by atoms with Gasteiger partial charge in [0.05, 0.1) is 12.2 Å². The number of imidazole rings is 1. The third kappa shape index (κ3) is 2.85. The molecule has 0 aromatic carbocycles. The first-order chi connectivity index (χ1) is 10.8. The normalized spacial score (nSPS) is 20.1. The highest BCUT2D eigenvalue weighted by Gasteiger charge is 2.38. The summed E-state index contributed by atoms with van der Waals surface area (Å²) in [6.07, 6.45) is 6.30. The Hall–Kier alpha value is -1.19. The maximum absolute atomic E-state index is 13.2. The Bertz CT molecular complexity index is 826. The Morgan fingerprint density at radius 3 is 2.61 bits per heavy atom. The zero-order chi connectivity index (χ0) is 16.8. The van der Waals surface area contributed by atoms with E-state index in [0.717, 1.165) is 24.8 Å². The van der Waals surface area contributed by atoms with Crippen LogP contribution in [0.15, 0.2) is 22.0 Å². The summed E-state index contributed by atoms with van der Waals surface area (Å²) in [6.45, 7) is 2.29. The van der Waals surface area contributed by atoms with Crippen molar-refractivity contribution in [2.75, 3.05) is 6.54 Å². The van der Waals surface area contributed by atoms with Gasteiger partial charge in [0, 0.05) is 32.4 Å². The third-order valence-electron chi connectivity index (χ3n) is 4.34. The SMILES string of the molecule is Cc1nc(S(=O)(=O)N2CCCCC2c2cnn(C)c2)c(Br)n1C. The van der Waals surface area contributed by atoms with Crippen molar-refractivity contribution in [2.24, 2.45) is 14.1 Å². The Balaban J connectivity index is 2.04. The monoisotopic (exact) mass is 401 g/mol. The predicted molar refractivity (Wildman–Crippen MR) is 89.3 cm³/mol. The molecule has 2 aromatic heterocycles. The van der Waals surface area contributed by atoms with E-state index in [1.807, 2.05) is 13.2 Å². The molecular weight excluding hydrogens is 382 g/mol. The van der Waals surface area contributed by atoms with Crippen LogP contribution in [0.3, 0.4) is 0 Å². The summed E-state index contributed by atoms with van der Waals surface area (Å²) in [6, 6.07) is -0.184. The molecule has 1 unspecified atom stereocenters. The van der Waals surface area contributed by atoms with Crippen LogP contribution in [0.5, 0.6) is 0 Å². The lowest BCUT2D eigenvalue weighted by Gasteiger charge is -2.33. The van der Waals surface area contributed by atoms with Crippen LogP contribution in [0.4, 0.5) is 0 Å². The molecule has 1 atom stereocenters. The Kier molecular flexibility index (Phi) is 4.37. The van der Waals surface area contributed by atoms with Gasteiger partial charge in [0.1, 0.15) is 10.4 Å². The van der Waals surface area contributed by atoms with E-state index in [1.54, 1.807) is 33.7 Å². The predicted octanol–water partition coefficient (Wildman–Crippen LogP) is 2.14. The topological polar surface area (TPSA) is 73.0 Å². The van der Waals surface area contributed by atoms with Crippen LogP contribution in [-0.4, -0.2) is 38.6 Å². The number of rotatable bonds is 3. The molecule has 2 aromatic rings. The summed E-state index contributed by atoms with van der Waals surface area (Å²) < 4.78 is 31.8. The van der Waals surface area contributed by atoms with Gasteiger partial charge in [-0.2, -0.15) is 9.40 Å². The van der Waals surface area contributed by atoms with E-state index in [2.05, 4.69) is 26.0 Å². The molecule has 3 rings (SSSR count). The largest absolute Gasteiger partial charge is 0.325 e. The third-order valence-corrected chi connectivity index (χ3v) is 7.33. The molecule has 1 aliphatic heterocycles. The number of nitrogens with zero attached hydrogens (tertiary/aromatic N) is 5. The fourth-order valence-electron chi connectivity index (χ4n) is 2.97. The van der Waals surface area contributed by atoms with Crippen molar-refractivity contribution in [3.05, 3.63) is 28.4 Å². The van der Waals surface area contributed by atoms with Gasteiger partial charge in [-0.05, 0) is 35.7 Å². The highest BCUT2D eigenvalue weighted by atomic mass is 79.9. The summed E-state index contributed by atoms with van der Waals surface area (Å²) in [7, 11) is -0.0359. The summed E-state index contributed by atoms with van der Waals surface area (Å²) in [5, 5.41) is 4.27. The van der Waals surface area contributed by atoms with E-state index in [0.29, 0.717) is 17.0 Å². The maximum Gasteiger partial charge on any atom is 0.263 e. The lowest BCUT2D eigenvalue weighted by Crippen LogP contribution is -2.38. The molecule has 0 spiro atoms. The van der Waals surface area contributed by atoms with Gasteiger partial charge in [-0.15, -0.1) is 0 Å². The second-order valence-corrected chi connectivity index (χ2v) is 8.45. The fraction of sp³-hybridized carbons (Fsp3) is 0.571. The smallest absolute Gasteiger partial charge is 0.263 e. The van der Waals surface area contributed by atoms with Gasteiger partial charge in [-0.3, -0.25) is 4.68 Å². The maximum atomic E-state index is 13.2. The highest BCUT2D eigenvalue weighted by Crippen LogP contribution is 2.36. The molecule has 7 nitrogen and oxygen atoms in total. The number of aryl methyl sites for hydroxylation is 2. The lowest BCUT2D eigenvalue weighted by molar-refractivity contribution is 0.255. The quantitative estimate of drug-likeness (QED) is 0.789. The molecule has 0 saturated carbocycles. The molecule has 1 fully saturated rings. The summed E-state index contributed by atoms with van der Waals surface area (Å²) in [5.74, 6) is 0.658. The van der Waals surface area contributed by atoms with E-state index in [1.165, 1.54) is 0 Å². The Morgan fingerprint density at radius 1 is 1.30 bits per heavy atom. The lowest BCUT2D eigenvalue weighted by atomic mass is 10.0. The van der Waals surface area contributed by atoms with Gasteiger partial charge in [-0.1, -0.05) is 6.42 Å². The van der Waals surface area contributed by atoms with Crippen LogP contribution >= 0.6 is 15.9 Å². The number of hydrogen-bond acceptors (Lipinski definition) is 4. The fourth-order valence-corrected chi connectivity index (χ4v) is 5.68. The zero-order valence-electron chi connectivity index (χ0n) is 13.4. The molecule has 0 amide bonds. The number of halogens is 1. The molecule has 23 heavy (non-hydrogen) atoms. The Labute approximate surface area is 144 Å². The van der Waals surface area contributed by atoms with Crippen molar-refractivity contribution in [3.8, 4) is 0 Å². The van der Waals surface area contributed by atoms with Crippen LogP contribution in [0.25, 0.3) is 0 Å². The summed E-state index contributed by atoms with van der Waals surface area (Å²) >= 11 is 3.36. The molecule has 9 heteroatoms. The molecule has 0 aliphatic carbocycles.